The Morgan fingerprint density at radius 3 is 2.95 bits per heavy atom. The molecule has 0 saturated carbocycles. The fraction of sp³-hybridized carbons (Fsp3) is 0.562. The Bertz CT molecular complexity index is 529. The van der Waals surface area contributed by atoms with Gasteiger partial charge in [0.2, 0.25) is 0 Å². The molecule has 1 unspecified atom stereocenters. The van der Waals surface area contributed by atoms with Crippen molar-refractivity contribution in [2.75, 3.05) is 24.3 Å². The minimum Gasteiger partial charge on any atom is -0.346 e. The molecule has 1 fully saturated rings. The van der Waals surface area contributed by atoms with Gasteiger partial charge in [-0.1, -0.05) is 30.8 Å². The quantitative estimate of drug-likeness (QED) is 0.922. The van der Waals surface area contributed by atoms with Crippen LogP contribution in [0, 0.1) is 0 Å². The van der Waals surface area contributed by atoms with Crippen LogP contribution >= 0.6 is 11.8 Å². The molecule has 0 radical (unpaired) electrons. The fourth-order valence-electron chi connectivity index (χ4n) is 2.46. The van der Waals surface area contributed by atoms with Crippen molar-refractivity contribution in [2.24, 2.45) is 4.99 Å². The predicted molar refractivity (Wildman–Crippen MR) is 87.9 cm³/mol. The average molecular weight is 306 g/mol. The normalized spacial score (nSPS) is 26.7. The van der Waals surface area contributed by atoms with Crippen molar-refractivity contribution in [2.45, 2.75) is 38.5 Å². The molecule has 0 aromatic heterocycles. The van der Waals surface area contributed by atoms with Gasteiger partial charge in [0.15, 0.2) is 11.5 Å². The summed E-state index contributed by atoms with van der Waals surface area (Å²) in [6.45, 7) is 5.76. The van der Waals surface area contributed by atoms with Crippen LogP contribution < -0.4 is 5.32 Å². The highest BCUT2D eigenvalue weighted by atomic mass is 32.2. The van der Waals surface area contributed by atoms with E-state index in [2.05, 4.69) is 31.3 Å². The van der Waals surface area contributed by atoms with E-state index in [0.717, 1.165) is 35.0 Å². The van der Waals surface area contributed by atoms with Crippen molar-refractivity contribution < 1.29 is 9.47 Å². The Hall–Kier alpha value is -1.04. The van der Waals surface area contributed by atoms with Gasteiger partial charge < -0.3 is 14.8 Å². The first-order valence-corrected chi connectivity index (χ1v) is 8.50. The third-order valence-electron chi connectivity index (χ3n) is 4.04. The molecule has 0 bridgehead atoms. The first-order valence-electron chi connectivity index (χ1n) is 7.51. The van der Waals surface area contributed by atoms with Crippen LogP contribution in [0.25, 0.3) is 0 Å². The summed E-state index contributed by atoms with van der Waals surface area (Å²) in [5, 5.41) is 4.45. The molecule has 21 heavy (non-hydrogen) atoms. The number of hydrogen-bond acceptors (Lipinski definition) is 5. The van der Waals surface area contributed by atoms with Crippen LogP contribution in [-0.4, -0.2) is 29.7 Å². The van der Waals surface area contributed by atoms with Gasteiger partial charge in [0, 0.05) is 17.0 Å². The monoisotopic (exact) mass is 306 g/mol. The number of hydrogen-bond donors (Lipinski definition) is 1. The zero-order valence-corrected chi connectivity index (χ0v) is 13.4. The number of nitrogens with zero attached hydrogens (tertiary/aromatic N) is 1. The van der Waals surface area contributed by atoms with Gasteiger partial charge in [-0.3, -0.25) is 4.99 Å². The molecule has 4 nitrogen and oxygen atoms in total. The number of amidine groups is 1. The fourth-order valence-corrected chi connectivity index (χ4v) is 3.67. The Morgan fingerprint density at radius 2 is 2.19 bits per heavy atom. The summed E-state index contributed by atoms with van der Waals surface area (Å²) in [5.74, 6) is 1.12. The van der Waals surface area contributed by atoms with Gasteiger partial charge in [0.05, 0.1) is 18.8 Å². The van der Waals surface area contributed by atoms with Gasteiger partial charge in [0.25, 0.3) is 0 Å². The molecule has 0 amide bonds. The lowest BCUT2D eigenvalue weighted by molar-refractivity contribution is -0.0440. The van der Waals surface area contributed by atoms with Crippen LogP contribution in [0.2, 0.25) is 0 Å². The summed E-state index contributed by atoms with van der Waals surface area (Å²) in [5.41, 5.74) is 2.17. The van der Waals surface area contributed by atoms with Gasteiger partial charge in [-0.2, -0.15) is 0 Å². The van der Waals surface area contributed by atoms with E-state index in [0.29, 0.717) is 13.2 Å². The van der Waals surface area contributed by atoms with Gasteiger partial charge in [-0.25, -0.2) is 0 Å². The Balaban J connectivity index is 1.74. The highest BCUT2D eigenvalue weighted by Crippen LogP contribution is 2.30. The van der Waals surface area contributed by atoms with E-state index in [1.165, 1.54) is 0 Å². The molecular weight excluding hydrogens is 284 g/mol. The van der Waals surface area contributed by atoms with Crippen molar-refractivity contribution >= 4 is 22.6 Å². The maximum Gasteiger partial charge on any atom is 0.184 e. The number of rotatable bonds is 3. The first kappa shape index (κ1) is 14.9. The molecule has 0 aliphatic carbocycles. The number of aliphatic imine (C=N–C) groups is 1. The van der Waals surface area contributed by atoms with Crippen LogP contribution in [0.1, 0.15) is 38.5 Å². The molecule has 3 rings (SSSR count). The lowest BCUT2D eigenvalue weighted by atomic mass is 9.97. The van der Waals surface area contributed by atoms with E-state index in [1.54, 1.807) is 11.8 Å². The summed E-state index contributed by atoms with van der Waals surface area (Å²) >= 11 is 1.79. The van der Waals surface area contributed by atoms with Crippen LogP contribution in [0.5, 0.6) is 0 Å². The van der Waals surface area contributed by atoms with Gasteiger partial charge in [0.1, 0.15) is 0 Å². The number of benzene rings is 1. The second-order valence-electron chi connectivity index (χ2n) is 5.69. The van der Waals surface area contributed by atoms with Crippen LogP contribution in [0.4, 0.5) is 5.69 Å². The molecule has 2 aliphatic heterocycles. The van der Waals surface area contributed by atoms with Gasteiger partial charge in [-0.15, -0.1) is 0 Å². The lowest BCUT2D eigenvalue weighted by Crippen LogP contribution is -2.29. The van der Waals surface area contributed by atoms with Crippen LogP contribution in [0.15, 0.2) is 29.3 Å². The van der Waals surface area contributed by atoms with E-state index < -0.39 is 0 Å². The second-order valence-corrected chi connectivity index (χ2v) is 6.77. The molecule has 114 valence electrons. The summed E-state index contributed by atoms with van der Waals surface area (Å²) in [6, 6.07) is 8.19. The maximum atomic E-state index is 5.55. The summed E-state index contributed by atoms with van der Waals surface area (Å²) in [7, 11) is 0. The minimum absolute atomic E-state index is 0.0723. The number of thioether (sulfide) groups is 1. The SMILES string of the molecule is CCC1(C)CCSC(Nc2cccc(C3OCCO3)c2)=N1. The zero-order valence-electron chi connectivity index (χ0n) is 12.6. The van der Waals surface area contributed by atoms with E-state index in [1.807, 2.05) is 12.1 Å². The van der Waals surface area contributed by atoms with Crippen LogP contribution in [-0.2, 0) is 9.47 Å². The van der Waals surface area contributed by atoms with Crippen molar-refractivity contribution in [3.63, 3.8) is 0 Å². The number of anilines is 1. The smallest absolute Gasteiger partial charge is 0.184 e. The van der Waals surface area contributed by atoms with Crippen molar-refractivity contribution in [3.05, 3.63) is 29.8 Å². The molecule has 1 aromatic carbocycles. The summed E-state index contributed by atoms with van der Waals surface area (Å²) < 4.78 is 11.1. The van der Waals surface area contributed by atoms with Gasteiger partial charge >= 0.3 is 0 Å². The van der Waals surface area contributed by atoms with Gasteiger partial charge in [-0.05, 0) is 31.9 Å². The molecule has 5 heteroatoms. The topological polar surface area (TPSA) is 42.8 Å². The third kappa shape index (κ3) is 3.59. The van der Waals surface area contributed by atoms with E-state index in [-0.39, 0.29) is 11.8 Å². The molecule has 2 aliphatic rings. The predicted octanol–water partition coefficient (Wildman–Crippen LogP) is 3.81. The Labute approximate surface area is 130 Å². The highest BCUT2D eigenvalue weighted by Gasteiger charge is 2.26. The molecule has 1 atom stereocenters. The minimum atomic E-state index is -0.228. The van der Waals surface area contributed by atoms with Crippen LogP contribution in [0.3, 0.4) is 0 Å². The number of nitrogens with one attached hydrogen (secondary N) is 1. The van der Waals surface area contributed by atoms with Crippen molar-refractivity contribution in [1.82, 2.24) is 0 Å². The zero-order chi connectivity index (χ0) is 14.7. The summed E-state index contributed by atoms with van der Waals surface area (Å²) in [6.07, 6.45) is 1.99. The Morgan fingerprint density at radius 1 is 1.38 bits per heavy atom. The summed E-state index contributed by atoms with van der Waals surface area (Å²) in [4.78, 5) is 4.86. The molecule has 1 aromatic rings. The molecule has 1 saturated heterocycles. The standard InChI is InChI=1S/C16H22N2O2S/c1-3-16(2)7-10-21-15(18-16)17-13-6-4-5-12(11-13)14-19-8-9-20-14/h4-6,11,14H,3,7-10H2,1-2H3,(H,17,18). The van der Waals surface area contributed by atoms with E-state index >= 15 is 0 Å². The average Bonchev–Trinajstić information content (AvgIpc) is 3.02. The van der Waals surface area contributed by atoms with Crippen molar-refractivity contribution in [3.8, 4) is 0 Å². The largest absolute Gasteiger partial charge is 0.346 e. The molecule has 2 heterocycles. The molecule has 0 spiro atoms. The first-order chi connectivity index (χ1) is 10.2. The number of ether oxygens (including phenoxy) is 2. The molecule has 1 N–H and O–H groups in total. The Kier molecular flexibility index (Phi) is 4.52. The third-order valence-corrected chi connectivity index (χ3v) is 4.92. The van der Waals surface area contributed by atoms with E-state index in [9.17, 15) is 0 Å². The second kappa shape index (κ2) is 6.38. The maximum absolute atomic E-state index is 5.55. The molecular formula is C16H22N2O2S. The van der Waals surface area contributed by atoms with Crippen molar-refractivity contribution in [1.29, 1.82) is 0 Å². The van der Waals surface area contributed by atoms with E-state index in [4.69, 9.17) is 14.5 Å². The lowest BCUT2D eigenvalue weighted by Gasteiger charge is -2.29. The highest BCUT2D eigenvalue weighted by molar-refractivity contribution is 8.14.